The van der Waals surface area contributed by atoms with Gasteiger partial charge in [-0.2, -0.15) is 0 Å². The van der Waals surface area contributed by atoms with Crippen molar-refractivity contribution in [2.75, 3.05) is 13.2 Å². The number of rotatable bonds is 3. The maximum absolute atomic E-state index is 13.5. The van der Waals surface area contributed by atoms with Gasteiger partial charge in [0.25, 0.3) is 0 Å². The van der Waals surface area contributed by atoms with Gasteiger partial charge in [-0.25, -0.2) is 0 Å². The molecule has 1 saturated carbocycles. The average molecular weight is 424 g/mol. The highest BCUT2D eigenvalue weighted by Crippen LogP contribution is 2.52. The van der Waals surface area contributed by atoms with E-state index in [4.69, 9.17) is 19.9 Å². The van der Waals surface area contributed by atoms with Crippen LogP contribution in [0.2, 0.25) is 0 Å². The minimum absolute atomic E-state index is 0.0766. The third kappa shape index (κ3) is 2.73. The summed E-state index contributed by atoms with van der Waals surface area (Å²) >= 11 is 3.52. The van der Waals surface area contributed by atoms with Gasteiger partial charge in [-0.1, -0.05) is 29.8 Å². The molecule has 1 aromatic rings. The van der Waals surface area contributed by atoms with Crippen molar-refractivity contribution in [2.45, 2.75) is 57.0 Å². The SMILES string of the molecule is CCC(C)C(=O)C1(N)c2cc(Br)ccc2OC2CCC3(CC21)OCCO3. The number of carbonyl (C=O) groups is 1. The monoisotopic (exact) mass is 423 g/mol. The van der Waals surface area contributed by atoms with E-state index in [-0.39, 0.29) is 23.7 Å². The van der Waals surface area contributed by atoms with Crippen LogP contribution >= 0.6 is 15.9 Å². The molecule has 6 heteroatoms. The Balaban J connectivity index is 1.82. The van der Waals surface area contributed by atoms with E-state index >= 15 is 0 Å². The van der Waals surface area contributed by atoms with E-state index in [1.54, 1.807) is 0 Å². The Kier molecular flexibility index (Phi) is 4.66. The lowest BCUT2D eigenvalue weighted by molar-refractivity contribution is -0.210. The number of ketones is 1. The second kappa shape index (κ2) is 6.59. The highest BCUT2D eigenvalue weighted by molar-refractivity contribution is 9.10. The number of hydrogen-bond acceptors (Lipinski definition) is 5. The third-order valence-electron chi connectivity index (χ3n) is 6.32. The first-order valence-electron chi connectivity index (χ1n) is 9.47. The lowest BCUT2D eigenvalue weighted by Gasteiger charge is -2.51. The highest BCUT2D eigenvalue weighted by Gasteiger charge is 2.59. The largest absolute Gasteiger partial charge is 0.490 e. The fraction of sp³-hybridized carbons (Fsp3) is 0.650. The molecule has 2 N–H and O–H groups in total. The molecular weight excluding hydrogens is 398 g/mol. The summed E-state index contributed by atoms with van der Waals surface area (Å²) in [4.78, 5) is 13.5. The topological polar surface area (TPSA) is 70.8 Å². The van der Waals surface area contributed by atoms with E-state index in [2.05, 4.69) is 15.9 Å². The van der Waals surface area contributed by atoms with Gasteiger partial charge in [0.1, 0.15) is 17.4 Å². The standard InChI is InChI=1S/C20H26BrNO4/c1-3-12(2)18(23)20(22)14-10-13(21)4-5-16(14)26-17-6-7-19(11-15(17)20)24-8-9-25-19/h4-5,10,12,15,17H,3,6-9,11,22H2,1-2H3. The summed E-state index contributed by atoms with van der Waals surface area (Å²) in [5, 5.41) is 0. The molecule has 4 unspecified atom stereocenters. The van der Waals surface area contributed by atoms with E-state index in [0.29, 0.717) is 19.6 Å². The smallest absolute Gasteiger partial charge is 0.169 e. The minimum atomic E-state index is -1.10. The molecule has 1 saturated heterocycles. The molecule has 0 amide bonds. The number of fused-ring (bicyclic) bond motifs is 2. The van der Waals surface area contributed by atoms with Gasteiger partial charge < -0.3 is 19.9 Å². The maximum atomic E-state index is 13.5. The fourth-order valence-electron chi connectivity index (χ4n) is 4.69. The van der Waals surface area contributed by atoms with Crippen LogP contribution in [0.1, 0.15) is 45.1 Å². The van der Waals surface area contributed by atoms with E-state index in [9.17, 15) is 4.79 Å². The molecule has 142 valence electrons. The van der Waals surface area contributed by atoms with Crippen molar-refractivity contribution in [1.82, 2.24) is 0 Å². The van der Waals surface area contributed by atoms with Crippen molar-refractivity contribution >= 4 is 21.7 Å². The summed E-state index contributed by atoms with van der Waals surface area (Å²) in [5.41, 5.74) is 6.68. The molecule has 5 nitrogen and oxygen atoms in total. The van der Waals surface area contributed by atoms with Gasteiger partial charge in [0.15, 0.2) is 11.6 Å². The number of carbonyl (C=O) groups excluding carboxylic acids is 1. The Morgan fingerprint density at radius 3 is 2.81 bits per heavy atom. The molecule has 1 spiro atoms. The first-order valence-corrected chi connectivity index (χ1v) is 10.3. The van der Waals surface area contributed by atoms with Gasteiger partial charge in [0.05, 0.1) is 13.2 Å². The molecule has 3 aliphatic rings. The summed E-state index contributed by atoms with van der Waals surface area (Å²) in [6, 6.07) is 5.78. The van der Waals surface area contributed by atoms with Crippen LogP contribution in [-0.2, 0) is 19.8 Å². The second-order valence-electron chi connectivity index (χ2n) is 7.80. The van der Waals surface area contributed by atoms with Crippen LogP contribution in [-0.4, -0.2) is 30.9 Å². The van der Waals surface area contributed by atoms with Crippen LogP contribution in [0, 0.1) is 11.8 Å². The molecule has 2 heterocycles. The average Bonchev–Trinajstić information content (AvgIpc) is 3.10. The molecular formula is C20H26BrNO4. The van der Waals surface area contributed by atoms with Crippen LogP contribution in [0.5, 0.6) is 5.75 Å². The summed E-state index contributed by atoms with van der Waals surface area (Å²) < 4.78 is 19.1. The summed E-state index contributed by atoms with van der Waals surface area (Å²) in [6.45, 7) is 5.17. The summed E-state index contributed by atoms with van der Waals surface area (Å²) in [7, 11) is 0. The zero-order valence-electron chi connectivity index (χ0n) is 15.3. The van der Waals surface area contributed by atoms with Gasteiger partial charge >= 0.3 is 0 Å². The van der Waals surface area contributed by atoms with Crippen LogP contribution in [0.3, 0.4) is 0 Å². The van der Waals surface area contributed by atoms with Crippen LogP contribution in [0.15, 0.2) is 22.7 Å². The molecule has 1 aliphatic carbocycles. The van der Waals surface area contributed by atoms with E-state index in [1.807, 2.05) is 32.0 Å². The zero-order valence-corrected chi connectivity index (χ0v) is 16.9. The fourth-order valence-corrected chi connectivity index (χ4v) is 5.05. The van der Waals surface area contributed by atoms with Crippen molar-refractivity contribution in [3.63, 3.8) is 0 Å². The van der Waals surface area contributed by atoms with Crippen molar-refractivity contribution in [2.24, 2.45) is 17.6 Å². The number of hydrogen-bond donors (Lipinski definition) is 1. The van der Waals surface area contributed by atoms with Gasteiger partial charge in [-0.15, -0.1) is 0 Å². The molecule has 0 aromatic heterocycles. The Bertz CT molecular complexity index is 718. The van der Waals surface area contributed by atoms with Crippen LogP contribution in [0.4, 0.5) is 0 Å². The number of Topliss-reactive ketones (excluding diaryl/α,β-unsaturated/α-hetero) is 1. The minimum Gasteiger partial charge on any atom is -0.490 e. The number of benzene rings is 1. The Hall–Kier alpha value is -0.950. The molecule has 2 aliphatic heterocycles. The van der Waals surface area contributed by atoms with Gasteiger partial charge in [-0.3, -0.25) is 4.79 Å². The zero-order chi connectivity index (χ0) is 18.5. The number of ether oxygens (including phenoxy) is 3. The molecule has 2 fully saturated rings. The molecule has 26 heavy (non-hydrogen) atoms. The Morgan fingerprint density at radius 2 is 2.12 bits per heavy atom. The Morgan fingerprint density at radius 1 is 1.38 bits per heavy atom. The van der Waals surface area contributed by atoms with Crippen LogP contribution < -0.4 is 10.5 Å². The highest BCUT2D eigenvalue weighted by atomic mass is 79.9. The lowest BCUT2D eigenvalue weighted by atomic mass is 9.63. The van der Waals surface area contributed by atoms with E-state index < -0.39 is 11.3 Å². The van der Waals surface area contributed by atoms with Gasteiger partial charge in [-0.05, 0) is 31.0 Å². The third-order valence-corrected chi connectivity index (χ3v) is 6.81. The van der Waals surface area contributed by atoms with E-state index in [1.165, 1.54) is 0 Å². The predicted octanol–water partition coefficient (Wildman–Crippen LogP) is 3.52. The first-order chi connectivity index (χ1) is 12.4. The summed E-state index contributed by atoms with van der Waals surface area (Å²) in [6.07, 6.45) is 2.79. The predicted molar refractivity (Wildman–Crippen MR) is 101 cm³/mol. The number of nitrogens with two attached hydrogens (primary N) is 1. The quantitative estimate of drug-likeness (QED) is 0.804. The van der Waals surface area contributed by atoms with Crippen LogP contribution in [0.25, 0.3) is 0 Å². The van der Waals surface area contributed by atoms with Gasteiger partial charge in [0, 0.05) is 34.7 Å². The van der Waals surface area contributed by atoms with Crippen molar-refractivity contribution < 1.29 is 19.0 Å². The Labute approximate surface area is 162 Å². The van der Waals surface area contributed by atoms with Crippen molar-refractivity contribution in [3.8, 4) is 5.75 Å². The lowest BCUT2D eigenvalue weighted by Crippen LogP contribution is -2.63. The molecule has 4 atom stereocenters. The molecule has 0 radical (unpaired) electrons. The number of halogens is 1. The van der Waals surface area contributed by atoms with Crippen molar-refractivity contribution in [1.29, 1.82) is 0 Å². The van der Waals surface area contributed by atoms with Crippen molar-refractivity contribution in [3.05, 3.63) is 28.2 Å². The van der Waals surface area contributed by atoms with Gasteiger partial charge in [0.2, 0.25) is 0 Å². The molecule has 1 aromatic carbocycles. The second-order valence-corrected chi connectivity index (χ2v) is 8.71. The van der Waals surface area contributed by atoms with E-state index in [0.717, 1.165) is 35.0 Å². The molecule has 4 rings (SSSR count). The molecule has 0 bridgehead atoms. The maximum Gasteiger partial charge on any atom is 0.169 e. The normalized spacial score (nSPS) is 33.2. The summed E-state index contributed by atoms with van der Waals surface area (Å²) in [5.74, 6) is -0.106. The first kappa shape index (κ1) is 18.4.